The minimum atomic E-state index is -4.73. The summed E-state index contributed by atoms with van der Waals surface area (Å²) in [7, 11) is -4.73. The molecule has 0 radical (unpaired) electrons. The number of halogens is 1. The van der Waals surface area contributed by atoms with Crippen molar-refractivity contribution in [2.45, 2.75) is 52.2 Å². The lowest BCUT2D eigenvalue weighted by molar-refractivity contribution is -0.145. The van der Waals surface area contributed by atoms with Gasteiger partial charge in [-0.25, -0.2) is 4.79 Å². The Morgan fingerprint density at radius 1 is 1.28 bits per heavy atom. The number of alkyl halides is 1. The van der Waals surface area contributed by atoms with E-state index in [0.29, 0.717) is 0 Å². The van der Waals surface area contributed by atoms with Gasteiger partial charge in [0.1, 0.15) is 6.04 Å². The van der Waals surface area contributed by atoms with E-state index in [2.05, 4.69) is 5.32 Å². The summed E-state index contributed by atoms with van der Waals surface area (Å²) in [5.41, 5.74) is 0.0979. The molecule has 0 rings (SSSR count). The SMILES string of the molecule is CCOC(=O)C(C=C(CCF)C(C(C)C)(C(C)C)P(=O)(O)O)NC=O. The monoisotopic (exact) mass is 381 g/mol. The number of nitrogens with one attached hydrogen (secondary N) is 1. The first-order chi connectivity index (χ1) is 11.5. The highest BCUT2D eigenvalue weighted by Crippen LogP contribution is 2.62. The molecule has 1 atom stereocenters. The van der Waals surface area contributed by atoms with E-state index in [1.165, 1.54) is 6.08 Å². The normalized spacial score (nSPS) is 14.6. The zero-order chi connectivity index (χ0) is 19.8. The Kier molecular flexibility index (Phi) is 9.54. The Bertz CT molecular complexity index is 521. The highest BCUT2D eigenvalue weighted by molar-refractivity contribution is 7.54. The van der Waals surface area contributed by atoms with Crippen LogP contribution in [0.5, 0.6) is 0 Å². The van der Waals surface area contributed by atoms with Gasteiger partial charge < -0.3 is 19.8 Å². The predicted octanol–water partition coefficient (Wildman–Crippen LogP) is 2.18. The topological polar surface area (TPSA) is 113 Å². The summed E-state index contributed by atoms with van der Waals surface area (Å²) in [6.45, 7) is 7.35. The number of carbonyl (C=O) groups is 2. The van der Waals surface area contributed by atoms with Crippen LogP contribution in [-0.4, -0.2) is 46.6 Å². The molecule has 0 saturated heterocycles. The summed E-state index contributed by atoms with van der Waals surface area (Å²) in [4.78, 5) is 43.0. The first kappa shape index (κ1) is 23.8. The van der Waals surface area contributed by atoms with Crippen molar-refractivity contribution < 1.29 is 33.1 Å². The Hall–Kier alpha value is -1.24. The van der Waals surface area contributed by atoms with E-state index in [9.17, 15) is 28.3 Å². The summed E-state index contributed by atoms with van der Waals surface area (Å²) >= 11 is 0. The third kappa shape index (κ3) is 5.36. The molecular weight excluding hydrogens is 352 g/mol. The van der Waals surface area contributed by atoms with Crippen LogP contribution in [0.2, 0.25) is 0 Å². The van der Waals surface area contributed by atoms with E-state index in [4.69, 9.17) is 4.74 Å². The van der Waals surface area contributed by atoms with E-state index < -0.39 is 43.3 Å². The third-order valence-electron chi connectivity index (χ3n) is 4.28. The summed E-state index contributed by atoms with van der Waals surface area (Å²) < 4.78 is 30.4. The van der Waals surface area contributed by atoms with Gasteiger partial charge in [0, 0.05) is 0 Å². The zero-order valence-electron chi connectivity index (χ0n) is 15.4. The largest absolute Gasteiger partial charge is 0.464 e. The molecule has 0 aromatic heterocycles. The molecule has 9 heteroatoms. The van der Waals surface area contributed by atoms with Crippen LogP contribution < -0.4 is 5.32 Å². The minimum Gasteiger partial charge on any atom is -0.464 e. The molecule has 0 aromatic carbocycles. The fourth-order valence-corrected chi connectivity index (χ4v) is 5.38. The fourth-order valence-electron chi connectivity index (χ4n) is 3.48. The van der Waals surface area contributed by atoms with Gasteiger partial charge in [0.2, 0.25) is 6.41 Å². The number of allylic oxidation sites excluding steroid dienone is 1. The number of hydrogen-bond acceptors (Lipinski definition) is 4. The van der Waals surface area contributed by atoms with Gasteiger partial charge >= 0.3 is 13.6 Å². The van der Waals surface area contributed by atoms with Gasteiger partial charge in [-0.1, -0.05) is 39.3 Å². The van der Waals surface area contributed by atoms with Crippen molar-refractivity contribution in [3.05, 3.63) is 11.6 Å². The molecule has 0 aliphatic carbocycles. The molecular formula is C16H29FNO6P. The number of amides is 1. The van der Waals surface area contributed by atoms with Crippen LogP contribution in [0.3, 0.4) is 0 Å². The Morgan fingerprint density at radius 3 is 2.12 bits per heavy atom. The zero-order valence-corrected chi connectivity index (χ0v) is 16.3. The van der Waals surface area contributed by atoms with E-state index in [1.54, 1.807) is 34.6 Å². The van der Waals surface area contributed by atoms with Crippen molar-refractivity contribution >= 4 is 20.0 Å². The highest BCUT2D eigenvalue weighted by Gasteiger charge is 2.54. The van der Waals surface area contributed by atoms with E-state index >= 15 is 0 Å². The summed E-state index contributed by atoms with van der Waals surface area (Å²) in [5, 5.41) is 0.592. The second-order valence-corrected chi connectivity index (χ2v) is 8.15. The number of rotatable bonds is 11. The van der Waals surface area contributed by atoms with Crippen LogP contribution in [0.15, 0.2) is 11.6 Å². The third-order valence-corrected chi connectivity index (χ3v) is 6.56. The quantitative estimate of drug-likeness (QED) is 0.219. The van der Waals surface area contributed by atoms with Gasteiger partial charge in [-0.05, 0) is 25.2 Å². The lowest BCUT2D eigenvalue weighted by Gasteiger charge is -2.44. The maximum Gasteiger partial charge on any atom is 0.336 e. The lowest BCUT2D eigenvalue weighted by Crippen LogP contribution is -2.45. The average Bonchev–Trinajstić information content (AvgIpc) is 2.45. The van der Waals surface area contributed by atoms with Crippen LogP contribution in [0.4, 0.5) is 4.39 Å². The Labute approximate surface area is 148 Å². The summed E-state index contributed by atoms with van der Waals surface area (Å²) in [6, 6.07) is -1.25. The Balaban J connectivity index is 6.46. The molecule has 3 N–H and O–H groups in total. The van der Waals surface area contributed by atoms with Crippen LogP contribution in [-0.2, 0) is 18.9 Å². The number of hydrogen-bond donors (Lipinski definition) is 3. The maximum atomic E-state index is 13.2. The molecule has 1 amide bonds. The molecule has 25 heavy (non-hydrogen) atoms. The van der Waals surface area contributed by atoms with Gasteiger partial charge in [0.15, 0.2) is 0 Å². The van der Waals surface area contributed by atoms with Crippen LogP contribution in [0.1, 0.15) is 41.0 Å². The fraction of sp³-hybridized carbons (Fsp3) is 0.750. The molecule has 0 heterocycles. The molecule has 1 unspecified atom stereocenters. The molecule has 146 valence electrons. The maximum absolute atomic E-state index is 13.2. The molecule has 0 spiro atoms. The van der Waals surface area contributed by atoms with Crippen molar-refractivity contribution in [3.63, 3.8) is 0 Å². The molecule has 0 saturated carbocycles. The molecule has 0 aliphatic heterocycles. The second-order valence-electron chi connectivity index (χ2n) is 6.32. The predicted molar refractivity (Wildman–Crippen MR) is 92.7 cm³/mol. The summed E-state index contributed by atoms with van der Waals surface area (Å²) in [5.74, 6) is -1.85. The second kappa shape index (κ2) is 10.0. The van der Waals surface area contributed by atoms with Crippen molar-refractivity contribution in [1.82, 2.24) is 5.32 Å². The first-order valence-corrected chi connectivity index (χ1v) is 9.80. The molecule has 0 aromatic rings. The van der Waals surface area contributed by atoms with Gasteiger partial charge in [-0.15, -0.1) is 0 Å². The van der Waals surface area contributed by atoms with Crippen molar-refractivity contribution in [1.29, 1.82) is 0 Å². The summed E-state index contributed by atoms with van der Waals surface area (Å²) in [6.07, 6.45) is 1.23. The lowest BCUT2D eigenvalue weighted by atomic mass is 9.76. The van der Waals surface area contributed by atoms with Crippen molar-refractivity contribution in [2.24, 2.45) is 11.8 Å². The van der Waals surface area contributed by atoms with Crippen LogP contribution in [0, 0.1) is 11.8 Å². The molecule has 7 nitrogen and oxygen atoms in total. The average molecular weight is 381 g/mol. The van der Waals surface area contributed by atoms with Crippen molar-refractivity contribution in [2.75, 3.05) is 13.3 Å². The van der Waals surface area contributed by atoms with E-state index in [-0.39, 0.29) is 25.0 Å². The van der Waals surface area contributed by atoms with E-state index in [1.807, 2.05) is 0 Å². The van der Waals surface area contributed by atoms with Gasteiger partial charge in [0.25, 0.3) is 0 Å². The molecule has 0 bridgehead atoms. The number of esters is 1. The number of ether oxygens (including phenoxy) is 1. The molecule has 0 aliphatic rings. The molecule has 0 fully saturated rings. The van der Waals surface area contributed by atoms with Gasteiger partial charge in [0.05, 0.1) is 18.4 Å². The highest BCUT2D eigenvalue weighted by atomic mass is 31.2. The van der Waals surface area contributed by atoms with Crippen molar-refractivity contribution in [3.8, 4) is 0 Å². The van der Waals surface area contributed by atoms with E-state index in [0.717, 1.165) is 0 Å². The van der Waals surface area contributed by atoms with Gasteiger partial charge in [-0.2, -0.15) is 0 Å². The van der Waals surface area contributed by atoms with Gasteiger partial charge in [-0.3, -0.25) is 13.8 Å². The Morgan fingerprint density at radius 2 is 1.80 bits per heavy atom. The van der Waals surface area contributed by atoms with Crippen LogP contribution >= 0.6 is 7.60 Å². The first-order valence-electron chi connectivity index (χ1n) is 8.19. The standard InChI is InChI=1S/C16H29FNO6P/c1-6-24-15(20)14(18-10-19)9-13(7-8-17)16(11(2)3,12(4)5)25(21,22)23/h9-12,14H,6-8H2,1-5H3,(H,18,19)(H2,21,22,23). The minimum absolute atomic E-state index is 0.0696. The smallest absolute Gasteiger partial charge is 0.336 e. The van der Waals surface area contributed by atoms with Crippen LogP contribution in [0.25, 0.3) is 0 Å². The number of carbonyl (C=O) groups excluding carboxylic acids is 2.